The van der Waals surface area contributed by atoms with Crippen molar-refractivity contribution in [1.29, 1.82) is 0 Å². The average molecular weight is 502 g/mol. The Morgan fingerprint density at radius 1 is 0.857 bits per heavy atom. The standard InChI is InChI=1S/2CH4.Al.Au.Cu.Ni.Sn.5H/h2*1H4;;;;;;;;;;. The molecule has 0 spiro atoms. The summed E-state index contributed by atoms with van der Waals surface area (Å²) in [5.41, 5.74) is 0. The minimum atomic E-state index is 0. The van der Waals surface area contributed by atoms with Gasteiger partial charge in [0.15, 0.2) is 17.4 Å². The van der Waals surface area contributed by atoms with E-state index in [1.165, 1.54) is 0 Å². The van der Waals surface area contributed by atoms with Gasteiger partial charge in [-0.15, -0.1) is 0 Å². The van der Waals surface area contributed by atoms with Crippen LogP contribution in [-0.4, -0.2) is 41.3 Å². The van der Waals surface area contributed by atoms with Gasteiger partial charge in [0, 0.05) is 55.9 Å². The average Bonchev–Trinajstić information content (AvgIpc) is 0. The third-order valence-electron chi connectivity index (χ3n) is 0. The molecule has 0 saturated carbocycles. The van der Waals surface area contributed by atoms with Crippen molar-refractivity contribution in [3.05, 3.63) is 0 Å². The SMILES string of the molecule is C.C.[AlH3].[Au].[Cu].[Ni].[SnH2]. The minimum absolute atomic E-state index is 0. The summed E-state index contributed by atoms with van der Waals surface area (Å²) in [4.78, 5) is 0. The molecule has 0 saturated heterocycles. The molecule has 0 aliphatic carbocycles. The van der Waals surface area contributed by atoms with Crippen molar-refractivity contribution in [3.8, 4) is 0 Å². The molecular formula is C2H13AlAuCuNiSn. The third kappa shape index (κ3) is 47.9. The van der Waals surface area contributed by atoms with E-state index in [-0.39, 0.29) is 112 Å². The molecule has 7 heavy (non-hydrogen) atoms. The first-order valence-electron chi connectivity index (χ1n) is 0. The van der Waals surface area contributed by atoms with Crippen LogP contribution in [0.1, 0.15) is 14.9 Å². The van der Waals surface area contributed by atoms with Gasteiger partial charge in [-0.1, -0.05) is 14.9 Å². The second kappa shape index (κ2) is 62.4. The Balaban J connectivity index is 0. The van der Waals surface area contributed by atoms with Crippen molar-refractivity contribution in [3.63, 3.8) is 0 Å². The molecule has 0 aliphatic heterocycles. The maximum absolute atomic E-state index is 0. The van der Waals surface area contributed by atoms with Crippen LogP contribution in [0.15, 0.2) is 0 Å². The molecule has 0 nitrogen and oxygen atoms in total. The van der Waals surface area contributed by atoms with Crippen molar-refractivity contribution in [2.75, 3.05) is 0 Å². The Kier molecular flexibility index (Phi) is 780. The van der Waals surface area contributed by atoms with E-state index in [2.05, 4.69) is 0 Å². The third-order valence-corrected chi connectivity index (χ3v) is 0. The summed E-state index contributed by atoms with van der Waals surface area (Å²) in [6.45, 7) is 0. The van der Waals surface area contributed by atoms with Crippen LogP contribution >= 0.6 is 0 Å². The first-order valence-corrected chi connectivity index (χ1v) is 0. The molecule has 0 heterocycles. The molecule has 0 aromatic carbocycles. The number of hydrogen-bond acceptors (Lipinski definition) is 0. The molecule has 0 aliphatic rings. The zero-order valence-corrected chi connectivity index (χ0v) is 9.76. The van der Waals surface area contributed by atoms with E-state index in [1.807, 2.05) is 0 Å². The quantitative estimate of drug-likeness (QED) is 0.380. The fourth-order valence-corrected chi connectivity index (χ4v) is 0. The van der Waals surface area contributed by atoms with E-state index in [0.29, 0.717) is 0 Å². The molecular weight excluding hydrogens is 489 g/mol. The Hall–Kier alpha value is 3.08. The van der Waals surface area contributed by atoms with Gasteiger partial charge in [-0.25, -0.2) is 0 Å². The van der Waals surface area contributed by atoms with Crippen LogP contribution in [-0.2, 0) is 55.9 Å². The molecule has 60 valence electrons. The van der Waals surface area contributed by atoms with Crippen LogP contribution in [0.3, 0.4) is 0 Å². The van der Waals surface area contributed by atoms with Crippen LogP contribution in [0.2, 0.25) is 0 Å². The topological polar surface area (TPSA) is 0 Å². The molecule has 0 fully saturated rings. The molecule has 0 bridgehead atoms. The summed E-state index contributed by atoms with van der Waals surface area (Å²) in [7, 11) is 0. The molecule has 0 unspecified atom stereocenters. The van der Waals surface area contributed by atoms with Gasteiger partial charge in [0.1, 0.15) is 0 Å². The van der Waals surface area contributed by atoms with Crippen molar-refractivity contribution in [2.24, 2.45) is 0 Å². The molecule has 0 aromatic heterocycles. The first kappa shape index (κ1) is 87.5. The van der Waals surface area contributed by atoms with E-state index in [4.69, 9.17) is 0 Å². The van der Waals surface area contributed by atoms with Crippen LogP contribution in [0.25, 0.3) is 0 Å². The van der Waals surface area contributed by atoms with Crippen LogP contribution < -0.4 is 0 Å². The molecule has 0 amide bonds. The summed E-state index contributed by atoms with van der Waals surface area (Å²) >= 11 is 0. The maximum atomic E-state index is 0. The zero-order chi connectivity index (χ0) is 0. The number of hydrogen-bond donors (Lipinski definition) is 0. The van der Waals surface area contributed by atoms with E-state index in [1.54, 1.807) is 0 Å². The normalized spacial score (nSPS) is 0. The van der Waals surface area contributed by atoms with Crippen molar-refractivity contribution in [1.82, 2.24) is 0 Å². The van der Waals surface area contributed by atoms with E-state index in [0.717, 1.165) is 0 Å². The fraction of sp³-hybridized carbons (Fsp3) is 1.00. The van der Waals surface area contributed by atoms with Gasteiger partial charge in [-0.2, -0.15) is 0 Å². The van der Waals surface area contributed by atoms with Gasteiger partial charge >= 0.3 is 23.9 Å². The second-order valence-corrected chi connectivity index (χ2v) is 0. The van der Waals surface area contributed by atoms with Crippen molar-refractivity contribution < 1.29 is 55.9 Å². The van der Waals surface area contributed by atoms with Crippen LogP contribution in [0, 0.1) is 0 Å². The summed E-state index contributed by atoms with van der Waals surface area (Å²) in [5.74, 6) is 0. The Morgan fingerprint density at radius 3 is 0.857 bits per heavy atom. The molecule has 4 radical (unpaired) electrons. The van der Waals surface area contributed by atoms with Crippen LogP contribution in [0.5, 0.6) is 0 Å². The van der Waals surface area contributed by atoms with Gasteiger partial charge < -0.3 is 0 Å². The molecule has 5 heteroatoms. The van der Waals surface area contributed by atoms with Gasteiger partial charge in [-0.05, 0) is 0 Å². The summed E-state index contributed by atoms with van der Waals surface area (Å²) < 4.78 is 0. The van der Waals surface area contributed by atoms with E-state index < -0.39 is 0 Å². The predicted octanol–water partition coefficient (Wildman–Crippen LogP) is -0.835. The Morgan fingerprint density at radius 2 is 0.857 bits per heavy atom. The van der Waals surface area contributed by atoms with Gasteiger partial charge in [0.2, 0.25) is 0 Å². The zero-order valence-electron chi connectivity index (χ0n) is 1.63. The Labute approximate surface area is 110 Å². The van der Waals surface area contributed by atoms with Gasteiger partial charge in [-0.3, -0.25) is 0 Å². The van der Waals surface area contributed by atoms with E-state index >= 15 is 0 Å². The first-order chi connectivity index (χ1) is 0. The Bertz CT molecular complexity index is 17.7. The predicted molar refractivity (Wildman–Crippen MR) is 31.9 cm³/mol. The fourth-order valence-electron chi connectivity index (χ4n) is 0. The van der Waals surface area contributed by atoms with Gasteiger partial charge in [0.05, 0.1) is 0 Å². The van der Waals surface area contributed by atoms with Gasteiger partial charge in [0.25, 0.3) is 0 Å². The van der Waals surface area contributed by atoms with Crippen LogP contribution in [0.4, 0.5) is 0 Å². The second-order valence-electron chi connectivity index (χ2n) is 0. The summed E-state index contributed by atoms with van der Waals surface area (Å²) in [6.07, 6.45) is 0. The molecule has 0 aromatic rings. The number of rotatable bonds is 0. The van der Waals surface area contributed by atoms with Crippen molar-refractivity contribution in [2.45, 2.75) is 14.9 Å². The summed E-state index contributed by atoms with van der Waals surface area (Å²) in [5, 5.41) is 0. The molecule has 0 rings (SSSR count). The molecule has 0 N–H and O–H groups in total. The van der Waals surface area contributed by atoms with Crippen molar-refractivity contribution >= 4 is 41.3 Å². The molecule has 0 atom stereocenters. The monoisotopic (exact) mass is 502 g/mol. The summed E-state index contributed by atoms with van der Waals surface area (Å²) in [6, 6.07) is 0. The van der Waals surface area contributed by atoms with E-state index in [9.17, 15) is 0 Å².